The summed E-state index contributed by atoms with van der Waals surface area (Å²) in [6, 6.07) is 0.424. The molecule has 0 aliphatic carbocycles. The van der Waals surface area contributed by atoms with Crippen molar-refractivity contribution in [3.8, 4) is 0 Å². The summed E-state index contributed by atoms with van der Waals surface area (Å²) in [6.45, 7) is 8.16. The van der Waals surface area contributed by atoms with Crippen molar-refractivity contribution >= 4 is 0 Å². The van der Waals surface area contributed by atoms with Gasteiger partial charge in [-0.25, -0.2) is 0 Å². The Balaban J connectivity index is 2.81. The van der Waals surface area contributed by atoms with Crippen LogP contribution in [0.4, 0.5) is 0 Å². The topological polar surface area (TPSA) is 12.5 Å². The minimum absolute atomic E-state index is 0.424. The van der Waals surface area contributed by atoms with E-state index in [4.69, 9.17) is 4.74 Å². The molecule has 12 heavy (non-hydrogen) atoms. The van der Waals surface area contributed by atoms with Gasteiger partial charge in [-0.15, -0.1) is 0 Å². The molecule has 0 atom stereocenters. The van der Waals surface area contributed by atoms with Gasteiger partial charge in [0, 0.05) is 17.9 Å². The van der Waals surface area contributed by atoms with E-state index >= 15 is 0 Å². The zero-order chi connectivity index (χ0) is 9.14. The van der Waals surface area contributed by atoms with E-state index in [9.17, 15) is 0 Å². The molecule has 2 heteroatoms. The quantitative estimate of drug-likeness (QED) is 0.622. The summed E-state index contributed by atoms with van der Waals surface area (Å²) in [7, 11) is 1.67. The summed E-state index contributed by atoms with van der Waals surface area (Å²) < 4.78 is 5.11. The monoisotopic (exact) mass is 165 g/mol. The first kappa shape index (κ1) is 8.91. The van der Waals surface area contributed by atoms with Crippen molar-refractivity contribution in [1.29, 1.82) is 0 Å². The third-order valence-electron chi connectivity index (χ3n) is 1.83. The lowest BCUT2D eigenvalue weighted by Gasteiger charge is -2.28. The largest absolute Gasteiger partial charge is 0.495 e. The number of nitrogens with zero attached hydrogens (tertiary/aromatic N) is 1. The fourth-order valence-electron chi connectivity index (χ4n) is 1.13. The predicted octanol–water partition coefficient (Wildman–Crippen LogP) is 2.27. The zero-order valence-electron chi connectivity index (χ0n) is 7.87. The van der Waals surface area contributed by atoms with Crippen molar-refractivity contribution in [1.82, 2.24) is 4.90 Å². The van der Waals surface area contributed by atoms with Crippen LogP contribution >= 0.6 is 0 Å². The molecule has 1 aliphatic rings. The molecular formula is C10H15NO. The Labute approximate surface area is 73.8 Å². The predicted molar refractivity (Wildman–Crippen MR) is 50.3 cm³/mol. The maximum absolute atomic E-state index is 5.11. The zero-order valence-corrected chi connectivity index (χ0v) is 7.87. The van der Waals surface area contributed by atoms with Gasteiger partial charge in [0.05, 0.1) is 7.11 Å². The van der Waals surface area contributed by atoms with Gasteiger partial charge in [-0.05, 0) is 26.0 Å². The lowest BCUT2D eigenvalue weighted by atomic mass is 10.2. The first-order chi connectivity index (χ1) is 5.65. The second kappa shape index (κ2) is 3.48. The number of ether oxygens (including phenoxy) is 1. The Kier molecular flexibility index (Phi) is 2.58. The van der Waals surface area contributed by atoms with Crippen LogP contribution in [0.5, 0.6) is 0 Å². The summed E-state index contributed by atoms with van der Waals surface area (Å²) in [4.78, 5) is 2.08. The molecule has 1 aliphatic heterocycles. The summed E-state index contributed by atoms with van der Waals surface area (Å²) in [5, 5.41) is 0. The second-order valence-corrected chi connectivity index (χ2v) is 3.06. The summed E-state index contributed by atoms with van der Waals surface area (Å²) >= 11 is 0. The Bertz CT molecular complexity index is 238. The molecule has 0 N–H and O–H groups in total. The molecule has 2 nitrogen and oxygen atoms in total. The molecule has 1 rings (SSSR count). The van der Waals surface area contributed by atoms with Crippen LogP contribution in [0.25, 0.3) is 0 Å². The van der Waals surface area contributed by atoms with Gasteiger partial charge >= 0.3 is 0 Å². The number of hydrogen-bond donors (Lipinski definition) is 0. The van der Waals surface area contributed by atoms with Crippen LogP contribution in [0.3, 0.4) is 0 Å². The molecule has 1 heterocycles. The highest BCUT2D eigenvalue weighted by Gasteiger charge is 2.11. The third kappa shape index (κ3) is 1.70. The molecule has 0 saturated carbocycles. The van der Waals surface area contributed by atoms with E-state index < -0.39 is 0 Å². The minimum Gasteiger partial charge on any atom is -0.495 e. The van der Waals surface area contributed by atoms with Crippen molar-refractivity contribution in [2.75, 3.05) is 7.11 Å². The van der Waals surface area contributed by atoms with E-state index in [0.717, 1.165) is 11.5 Å². The number of methoxy groups -OCH3 is 1. The third-order valence-corrected chi connectivity index (χ3v) is 1.83. The van der Waals surface area contributed by atoms with Gasteiger partial charge in [-0.2, -0.15) is 0 Å². The van der Waals surface area contributed by atoms with Crippen LogP contribution in [-0.2, 0) is 4.74 Å². The molecule has 0 amide bonds. The van der Waals surface area contributed by atoms with Gasteiger partial charge < -0.3 is 9.64 Å². The summed E-state index contributed by atoms with van der Waals surface area (Å²) in [5.41, 5.74) is 1.01. The molecule has 0 bridgehead atoms. The standard InChI is InChI=1S/C10H15NO/c1-8(2)11-7-10(12-4)6-5-9(11)3/h5-8H,3H2,1-2,4H3. The summed E-state index contributed by atoms with van der Waals surface area (Å²) in [5.74, 6) is 0.871. The van der Waals surface area contributed by atoms with E-state index in [1.54, 1.807) is 7.11 Å². The maximum Gasteiger partial charge on any atom is 0.135 e. The van der Waals surface area contributed by atoms with Gasteiger partial charge in [-0.3, -0.25) is 0 Å². The normalized spacial score (nSPS) is 16.8. The molecule has 0 spiro atoms. The van der Waals surface area contributed by atoms with Crippen LogP contribution in [-0.4, -0.2) is 18.1 Å². The van der Waals surface area contributed by atoms with E-state index in [1.807, 2.05) is 18.4 Å². The first-order valence-corrected chi connectivity index (χ1v) is 4.06. The molecule has 0 saturated heterocycles. The maximum atomic E-state index is 5.11. The molecule has 66 valence electrons. The van der Waals surface area contributed by atoms with Gasteiger partial charge in [0.1, 0.15) is 5.76 Å². The van der Waals surface area contributed by atoms with Crippen molar-refractivity contribution in [3.63, 3.8) is 0 Å². The van der Waals surface area contributed by atoms with E-state index in [0.29, 0.717) is 6.04 Å². The van der Waals surface area contributed by atoms with Gasteiger partial charge in [-0.1, -0.05) is 6.58 Å². The van der Waals surface area contributed by atoms with Crippen LogP contribution in [0.2, 0.25) is 0 Å². The Hall–Kier alpha value is -1.18. The first-order valence-electron chi connectivity index (χ1n) is 4.06. The van der Waals surface area contributed by atoms with Crippen LogP contribution < -0.4 is 0 Å². The average Bonchev–Trinajstić information content (AvgIpc) is 2.05. The van der Waals surface area contributed by atoms with Gasteiger partial charge in [0.2, 0.25) is 0 Å². The van der Waals surface area contributed by atoms with Crippen molar-refractivity contribution in [3.05, 3.63) is 36.4 Å². The SMILES string of the molecule is C=C1C=CC(OC)=CN1C(C)C. The van der Waals surface area contributed by atoms with Crippen LogP contribution in [0.15, 0.2) is 36.4 Å². The fourth-order valence-corrected chi connectivity index (χ4v) is 1.13. The Morgan fingerprint density at radius 1 is 1.42 bits per heavy atom. The highest BCUT2D eigenvalue weighted by molar-refractivity contribution is 5.29. The summed E-state index contributed by atoms with van der Waals surface area (Å²) in [6.07, 6.45) is 5.84. The smallest absolute Gasteiger partial charge is 0.135 e. The lowest BCUT2D eigenvalue weighted by Crippen LogP contribution is -2.25. The molecular weight excluding hydrogens is 150 g/mol. The molecule has 0 unspecified atom stereocenters. The fraction of sp³-hybridized carbons (Fsp3) is 0.400. The molecule has 0 fully saturated rings. The van der Waals surface area contributed by atoms with E-state index in [1.165, 1.54) is 0 Å². The van der Waals surface area contributed by atoms with Crippen molar-refractivity contribution < 1.29 is 4.74 Å². The Morgan fingerprint density at radius 3 is 2.58 bits per heavy atom. The van der Waals surface area contributed by atoms with Crippen molar-refractivity contribution in [2.24, 2.45) is 0 Å². The number of hydrogen-bond acceptors (Lipinski definition) is 2. The minimum atomic E-state index is 0.424. The molecule has 0 aromatic rings. The highest BCUT2D eigenvalue weighted by atomic mass is 16.5. The Morgan fingerprint density at radius 2 is 2.08 bits per heavy atom. The van der Waals surface area contributed by atoms with Crippen LogP contribution in [0.1, 0.15) is 13.8 Å². The average molecular weight is 165 g/mol. The van der Waals surface area contributed by atoms with E-state index in [2.05, 4.69) is 25.3 Å². The molecule has 0 radical (unpaired) electrons. The van der Waals surface area contributed by atoms with Crippen LogP contribution in [0, 0.1) is 0 Å². The lowest BCUT2D eigenvalue weighted by molar-refractivity contribution is 0.281. The van der Waals surface area contributed by atoms with Gasteiger partial charge in [0.15, 0.2) is 0 Å². The van der Waals surface area contributed by atoms with Crippen molar-refractivity contribution in [2.45, 2.75) is 19.9 Å². The number of allylic oxidation sites excluding steroid dienone is 2. The second-order valence-electron chi connectivity index (χ2n) is 3.06. The highest BCUT2D eigenvalue weighted by Crippen LogP contribution is 2.18. The number of rotatable bonds is 2. The molecule has 0 aromatic heterocycles. The van der Waals surface area contributed by atoms with E-state index in [-0.39, 0.29) is 0 Å². The molecule has 0 aromatic carbocycles. The van der Waals surface area contributed by atoms with Gasteiger partial charge in [0.25, 0.3) is 0 Å².